The van der Waals surface area contributed by atoms with Gasteiger partial charge < -0.3 is 45.4 Å². The third-order valence-corrected chi connectivity index (χ3v) is 11.1. The van der Waals surface area contributed by atoms with E-state index < -0.39 is 35.9 Å². The lowest BCUT2D eigenvalue weighted by molar-refractivity contribution is -0.130. The molecule has 16 nitrogen and oxygen atoms in total. The van der Waals surface area contributed by atoms with Crippen LogP contribution in [0, 0.1) is 12.8 Å². The Balaban J connectivity index is 1.10. The molecule has 5 rings (SSSR count). The minimum atomic E-state index is -0.905. The van der Waals surface area contributed by atoms with E-state index in [9.17, 15) is 33.6 Å². The maximum Gasteiger partial charge on any atom is 0.415 e. The molecule has 7 amide bonds. The SMILES string of the molecule is Cc1ccc(C(=O)N2C[C@@H](CCl)c3c2cc(OC(=O)N(C)CCN(C)C(=O)OCc2ccc(NC(=O)CNC(=O)C(NC(=O)CNC=O)C(C)C)cc2)c2ccccc32)s1. The molecule has 0 bridgehead atoms. The summed E-state index contributed by atoms with van der Waals surface area (Å²) in [7, 11) is 3.10. The van der Waals surface area contributed by atoms with Crippen LogP contribution >= 0.6 is 22.9 Å². The van der Waals surface area contributed by atoms with Crippen LogP contribution in [-0.2, 0) is 30.5 Å². The van der Waals surface area contributed by atoms with Crippen LogP contribution in [0.4, 0.5) is 21.0 Å². The number of benzene rings is 3. The van der Waals surface area contributed by atoms with E-state index in [2.05, 4.69) is 21.3 Å². The molecule has 318 valence electrons. The van der Waals surface area contributed by atoms with Crippen molar-refractivity contribution in [1.29, 1.82) is 0 Å². The van der Waals surface area contributed by atoms with Gasteiger partial charge >= 0.3 is 12.2 Å². The van der Waals surface area contributed by atoms with Crippen molar-refractivity contribution < 1.29 is 43.0 Å². The van der Waals surface area contributed by atoms with Crippen molar-refractivity contribution in [3.05, 3.63) is 87.6 Å². The summed E-state index contributed by atoms with van der Waals surface area (Å²) in [5.74, 6) is -1.51. The summed E-state index contributed by atoms with van der Waals surface area (Å²) in [6.45, 7) is 5.39. The first-order valence-corrected chi connectivity index (χ1v) is 20.5. The number of carbonyl (C=O) groups excluding carboxylic acids is 7. The lowest BCUT2D eigenvalue weighted by Gasteiger charge is -2.23. The van der Waals surface area contributed by atoms with Crippen LogP contribution < -0.4 is 30.9 Å². The van der Waals surface area contributed by atoms with E-state index in [1.807, 2.05) is 43.3 Å². The summed E-state index contributed by atoms with van der Waals surface area (Å²) in [6.07, 6.45) is -0.894. The monoisotopic (exact) mass is 861 g/mol. The lowest BCUT2D eigenvalue weighted by atomic mass is 9.95. The van der Waals surface area contributed by atoms with Crippen LogP contribution in [0.25, 0.3) is 10.8 Å². The second-order valence-electron chi connectivity index (χ2n) is 14.5. The molecule has 0 saturated carbocycles. The number of aryl methyl sites for hydroxylation is 1. The molecule has 1 aliphatic heterocycles. The van der Waals surface area contributed by atoms with E-state index in [4.69, 9.17) is 21.1 Å². The number of hydrogen-bond acceptors (Lipinski definition) is 10. The smallest absolute Gasteiger partial charge is 0.415 e. The Morgan fingerprint density at radius 2 is 1.60 bits per heavy atom. The second-order valence-corrected chi connectivity index (χ2v) is 16.1. The van der Waals surface area contributed by atoms with Crippen molar-refractivity contribution in [3.8, 4) is 5.75 Å². The molecule has 0 aliphatic carbocycles. The fraction of sp³-hybridized carbons (Fsp3) is 0.357. The highest BCUT2D eigenvalue weighted by Crippen LogP contribution is 2.46. The van der Waals surface area contributed by atoms with Gasteiger partial charge in [-0.3, -0.25) is 24.0 Å². The summed E-state index contributed by atoms with van der Waals surface area (Å²) < 4.78 is 11.4. The van der Waals surface area contributed by atoms with Crippen molar-refractivity contribution in [2.45, 2.75) is 39.3 Å². The number of nitrogens with one attached hydrogen (secondary N) is 4. The first-order valence-electron chi connectivity index (χ1n) is 19.1. The molecule has 4 N–H and O–H groups in total. The molecule has 0 radical (unpaired) electrons. The van der Waals surface area contributed by atoms with Crippen LogP contribution in [0.2, 0.25) is 0 Å². The summed E-state index contributed by atoms with van der Waals surface area (Å²) >= 11 is 7.84. The number of alkyl halides is 1. The van der Waals surface area contributed by atoms with Crippen molar-refractivity contribution in [1.82, 2.24) is 25.8 Å². The van der Waals surface area contributed by atoms with Gasteiger partial charge in [-0.15, -0.1) is 22.9 Å². The van der Waals surface area contributed by atoms with Gasteiger partial charge in [0.2, 0.25) is 24.1 Å². The van der Waals surface area contributed by atoms with E-state index in [1.165, 1.54) is 21.1 Å². The average molecular weight is 862 g/mol. The molecule has 1 aromatic heterocycles. The van der Waals surface area contributed by atoms with Crippen LogP contribution in [0.5, 0.6) is 5.75 Å². The van der Waals surface area contributed by atoms with Gasteiger partial charge in [0.25, 0.3) is 5.91 Å². The van der Waals surface area contributed by atoms with Gasteiger partial charge in [0, 0.05) is 67.5 Å². The van der Waals surface area contributed by atoms with Gasteiger partial charge in [-0.25, -0.2) is 9.59 Å². The number of nitrogens with zero attached hydrogens (tertiary/aromatic N) is 3. The molecule has 0 saturated heterocycles. The van der Waals surface area contributed by atoms with Gasteiger partial charge in [-0.1, -0.05) is 50.2 Å². The summed E-state index contributed by atoms with van der Waals surface area (Å²) in [5.41, 5.74) is 2.67. The molecule has 3 aromatic carbocycles. The van der Waals surface area contributed by atoms with E-state index in [1.54, 1.807) is 63.2 Å². The van der Waals surface area contributed by atoms with Crippen LogP contribution in [-0.4, -0.2) is 111 Å². The van der Waals surface area contributed by atoms with Crippen molar-refractivity contribution in [2.75, 3.05) is 62.9 Å². The Kier molecular flexibility index (Phi) is 15.5. The molecule has 4 aromatic rings. The zero-order valence-corrected chi connectivity index (χ0v) is 35.5. The maximum absolute atomic E-state index is 13.6. The standard InChI is InChI=1S/C42H48ClN7O9S/c1-25(2)38(47-35(52)20-44-24-51)39(54)45-21-36(53)46-29-13-11-27(12-14-29)23-58-41(56)48(4)16-17-49(5)42(57)59-33-18-32-37(31-9-7-6-8-30(31)33)28(19-43)22-50(32)40(55)34-15-10-26(3)60-34/h6-15,18,24-25,28,38H,16-17,19-23H2,1-5H3,(H,44,51)(H,45,54)(H,46,53)(H,47,52)/t28-,38?/m1/s1. The van der Waals surface area contributed by atoms with Gasteiger partial charge in [0.15, 0.2) is 0 Å². The lowest BCUT2D eigenvalue weighted by Crippen LogP contribution is -2.52. The Hall–Kier alpha value is -6.20. The molecule has 1 aliphatic rings. The normalized spacial score (nSPS) is 13.5. The molecule has 2 heterocycles. The fourth-order valence-electron chi connectivity index (χ4n) is 6.47. The predicted octanol–water partition coefficient (Wildman–Crippen LogP) is 4.83. The number of rotatable bonds is 17. The predicted molar refractivity (Wildman–Crippen MR) is 229 cm³/mol. The summed E-state index contributed by atoms with van der Waals surface area (Å²) in [6, 6.07) is 18.6. The number of thiophene rings is 1. The van der Waals surface area contributed by atoms with E-state index in [-0.39, 0.29) is 50.5 Å². The van der Waals surface area contributed by atoms with Crippen molar-refractivity contribution in [2.24, 2.45) is 5.92 Å². The first kappa shape index (κ1) is 44.9. The molecule has 0 fully saturated rings. The minimum Gasteiger partial charge on any atom is -0.445 e. The number of anilines is 2. The van der Waals surface area contributed by atoms with Gasteiger partial charge in [-0.2, -0.15) is 0 Å². The Labute approximate surface area is 356 Å². The van der Waals surface area contributed by atoms with Gasteiger partial charge in [-0.05, 0) is 53.6 Å². The van der Waals surface area contributed by atoms with E-state index >= 15 is 0 Å². The highest BCUT2D eigenvalue weighted by atomic mass is 35.5. The summed E-state index contributed by atoms with van der Waals surface area (Å²) in [4.78, 5) is 93.3. The van der Waals surface area contributed by atoms with E-state index in [0.29, 0.717) is 51.8 Å². The van der Waals surface area contributed by atoms with Crippen molar-refractivity contribution >= 4 is 87.3 Å². The second kappa shape index (κ2) is 20.7. The molecular weight excluding hydrogens is 814 g/mol. The van der Waals surface area contributed by atoms with Gasteiger partial charge in [0.1, 0.15) is 18.4 Å². The molecule has 1 unspecified atom stereocenters. The Morgan fingerprint density at radius 3 is 2.23 bits per heavy atom. The zero-order valence-electron chi connectivity index (χ0n) is 33.9. The topological polar surface area (TPSA) is 196 Å². The summed E-state index contributed by atoms with van der Waals surface area (Å²) in [5, 5.41) is 11.5. The van der Waals surface area contributed by atoms with E-state index in [0.717, 1.165) is 15.8 Å². The minimum absolute atomic E-state index is 0.0579. The fourth-order valence-corrected chi connectivity index (χ4v) is 7.54. The number of carbonyl (C=O) groups is 7. The Morgan fingerprint density at radius 1 is 0.917 bits per heavy atom. The molecule has 0 spiro atoms. The maximum atomic E-state index is 13.6. The zero-order chi connectivity index (χ0) is 43.5. The van der Waals surface area contributed by atoms with Crippen molar-refractivity contribution in [3.63, 3.8) is 0 Å². The quantitative estimate of drug-likeness (QED) is 0.0850. The highest BCUT2D eigenvalue weighted by Gasteiger charge is 2.36. The molecule has 60 heavy (non-hydrogen) atoms. The average Bonchev–Trinajstić information content (AvgIpc) is 3.85. The van der Waals surface area contributed by atoms with Crippen LogP contribution in [0.3, 0.4) is 0 Å². The third kappa shape index (κ3) is 11.3. The molecule has 18 heteroatoms. The largest absolute Gasteiger partial charge is 0.445 e. The number of hydrogen-bond donors (Lipinski definition) is 4. The third-order valence-electron chi connectivity index (χ3n) is 9.74. The highest BCUT2D eigenvalue weighted by molar-refractivity contribution is 7.14. The van der Waals surface area contributed by atoms with Crippen LogP contribution in [0.1, 0.15) is 45.4 Å². The number of likely N-dealkylation sites (N-methyl/N-ethyl adjacent to an activating group) is 2. The number of halogens is 1. The number of amides is 7. The first-order chi connectivity index (χ1) is 28.7. The molecule has 2 atom stereocenters. The van der Waals surface area contributed by atoms with Crippen LogP contribution in [0.15, 0.2) is 66.7 Å². The number of ether oxygens (including phenoxy) is 2. The molecular formula is C42H48ClN7O9S. The van der Waals surface area contributed by atoms with Gasteiger partial charge in [0.05, 0.1) is 23.7 Å². The number of fused-ring (bicyclic) bond motifs is 3. The Bertz CT molecular complexity index is 2230.